The Morgan fingerprint density at radius 3 is 2.82 bits per heavy atom. The third-order valence-electron chi connectivity index (χ3n) is 4.60. The standard InChI is InChI=1S/C14H23N3/c1-10-4-3-5-13(11(10)2)17-9-8-15-14(17)16-12-6-7-12/h8-13H,3-7H2,1-2H3,(H,15,16). The fourth-order valence-electron chi connectivity index (χ4n) is 3.05. The minimum atomic E-state index is 0.641. The molecule has 0 aromatic carbocycles. The van der Waals surface area contributed by atoms with Crippen LogP contribution in [0.5, 0.6) is 0 Å². The number of hydrogen-bond donors (Lipinski definition) is 1. The zero-order valence-corrected chi connectivity index (χ0v) is 10.9. The summed E-state index contributed by atoms with van der Waals surface area (Å²) < 4.78 is 2.39. The number of nitrogens with zero attached hydrogens (tertiary/aromatic N) is 2. The third-order valence-corrected chi connectivity index (χ3v) is 4.60. The number of hydrogen-bond acceptors (Lipinski definition) is 2. The molecular formula is C14H23N3. The van der Waals surface area contributed by atoms with Gasteiger partial charge in [0.05, 0.1) is 0 Å². The summed E-state index contributed by atoms with van der Waals surface area (Å²) in [5.41, 5.74) is 0. The lowest BCUT2D eigenvalue weighted by Crippen LogP contribution is -2.27. The molecule has 2 aliphatic rings. The average molecular weight is 233 g/mol. The fourth-order valence-corrected chi connectivity index (χ4v) is 3.05. The van der Waals surface area contributed by atoms with Crippen molar-refractivity contribution >= 4 is 5.95 Å². The van der Waals surface area contributed by atoms with Crippen molar-refractivity contribution in [2.24, 2.45) is 11.8 Å². The average Bonchev–Trinajstić information content (AvgIpc) is 3.01. The lowest BCUT2D eigenvalue weighted by Gasteiger charge is -2.35. The molecule has 1 heterocycles. The molecule has 3 rings (SSSR count). The number of rotatable bonds is 3. The quantitative estimate of drug-likeness (QED) is 0.866. The van der Waals surface area contributed by atoms with Crippen LogP contribution in [0.1, 0.15) is 52.0 Å². The summed E-state index contributed by atoms with van der Waals surface area (Å²) in [5, 5.41) is 3.55. The molecule has 0 spiro atoms. The maximum atomic E-state index is 4.48. The summed E-state index contributed by atoms with van der Waals surface area (Å²) in [4.78, 5) is 4.48. The van der Waals surface area contributed by atoms with Crippen LogP contribution in [0, 0.1) is 11.8 Å². The van der Waals surface area contributed by atoms with Gasteiger partial charge in [-0.05, 0) is 31.1 Å². The van der Waals surface area contributed by atoms with Crippen molar-refractivity contribution in [2.45, 2.75) is 58.0 Å². The molecule has 0 saturated heterocycles. The van der Waals surface area contributed by atoms with Crippen molar-refractivity contribution in [1.29, 1.82) is 0 Å². The molecule has 94 valence electrons. The molecule has 1 aromatic rings. The van der Waals surface area contributed by atoms with Crippen LogP contribution in [0.2, 0.25) is 0 Å². The summed E-state index contributed by atoms with van der Waals surface area (Å²) in [6.45, 7) is 4.79. The zero-order valence-electron chi connectivity index (χ0n) is 10.9. The van der Waals surface area contributed by atoms with Crippen molar-refractivity contribution in [3.8, 4) is 0 Å². The molecule has 0 amide bonds. The van der Waals surface area contributed by atoms with E-state index in [4.69, 9.17) is 0 Å². The summed E-state index contributed by atoms with van der Waals surface area (Å²) in [5.74, 6) is 2.70. The van der Waals surface area contributed by atoms with Crippen LogP contribution in [0.3, 0.4) is 0 Å². The molecule has 0 bridgehead atoms. The Kier molecular flexibility index (Phi) is 2.85. The molecular weight excluding hydrogens is 210 g/mol. The Balaban J connectivity index is 1.79. The summed E-state index contributed by atoms with van der Waals surface area (Å²) >= 11 is 0. The van der Waals surface area contributed by atoms with Crippen LogP contribution in [-0.2, 0) is 0 Å². The van der Waals surface area contributed by atoms with Crippen molar-refractivity contribution < 1.29 is 0 Å². The first-order chi connectivity index (χ1) is 8.25. The van der Waals surface area contributed by atoms with Crippen LogP contribution in [0.4, 0.5) is 5.95 Å². The molecule has 2 saturated carbocycles. The smallest absolute Gasteiger partial charge is 0.203 e. The minimum absolute atomic E-state index is 0.641. The molecule has 17 heavy (non-hydrogen) atoms. The van der Waals surface area contributed by atoms with E-state index in [9.17, 15) is 0 Å². The van der Waals surface area contributed by atoms with Gasteiger partial charge in [-0.15, -0.1) is 0 Å². The highest BCUT2D eigenvalue weighted by molar-refractivity contribution is 5.30. The second-order valence-electron chi connectivity index (χ2n) is 5.91. The number of nitrogens with one attached hydrogen (secondary N) is 1. The Hall–Kier alpha value is -0.990. The lowest BCUT2D eigenvalue weighted by atomic mass is 9.78. The first kappa shape index (κ1) is 11.1. The maximum absolute atomic E-state index is 4.48. The monoisotopic (exact) mass is 233 g/mol. The van der Waals surface area contributed by atoms with Crippen molar-refractivity contribution in [3.05, 3.63) is 12.4 Å². The molecule has 2 aliphatic carbocycles. The van der Waals surface area contributed by atoms with E-state index in [0.717, 1.165) is 17.8 Å². The van der Waals surface area contributed by atoms with Gasteiger partial charge in [-0.2, -0.15) is 0 Å². The second kappa shape index (κ2) is 4.35. The summed E-state index contributed by atoms with van der Waals surface area (Å²) in [6, 6.07) is 1.33. The highest BCUT2D eigenvalue weighted by Gasteiger charge is 2.30. The van der Waals surface area contributed by atoms with Gasteiger partial charge in [0.1, 0.15) is 0 Å². The predicted molar refractivity (Wildman–Crippen MR) is 70.1 cm³/mol. The van der Waals surface area contributed by atoms with Gasteiger partial charge in [0.2, 0.25) is 5.95 Å². The number of imidazole rings is 1. The minimum Gasteiger partial charge on any atom is -0.353 e. The fraction of sp³-hybridized carbons (Fsp3) is 0.786. The molecule has 3 nitrogen and oxygen atoms in total. The van der Waals surface area contributed by atoms with Crippen molar-refractivity contribution in [3.63, 3.8) is 0 Å². The normalized spacial score (nSPS) is 33.6. The highest BCUT2D eigenvalue weighted by atomic mass is 15.2. The number of aromatic nitrogens is 2. The van der Waals surface area contributed by atoms with Gasteiger partial charge in [-0.1, -0.05) is 26.7 Å². The third kappa shape index (κ3) is 2.20. The van der Waals surface area contributed by atoms with Crippen molar-refractivity contribution in [2.75, 3.05) is 5.32 Å². The molecule has 2 fully saturated rings. The van der Waals surface area contributed by atoms with Crippen LogP contribution in [0.15, 0.2) is 12.4 Å². The highest BCUT2D eigenvalue weighted by Crippen LogP contribution is 2.39. The van der Waals surface area contributed by atoms with Gasteiger partial charge in [0.15, 0.2) is 0 Å². The van der Waals surface area contributed by atoms with E-state index in [-0.39, 0.29) is 0 Å². The summed E-state index contributed by atoms with van der Waals surface area (Å²) in [6.07, 6.45) is 10.8. The van der Waals surface area contributed by atoms with E-state index < -0.39 is 0 Å². The largest absolute Gasteiger partial charge is 0.353 e. The molecule has 1 N–H and O–H groups in total. The Labute approximate surface area is 104 Å². The van der Waals surface area contributed by atoms with Gasteiger partial charge in [0, 0.05) is 24.5 Å². The Morgan fingerprint density at radius 2 is 2.06 bits per heavy atom. The van der Waals surface area contributed by atoms with E-state index >= 15 is 0 Å². The molecule has 0 aliphatic heterocycles. The van der Waals surface area contributed by atoms with Gasteiger partial charge in [-0.25, -0.2) is 4.98 Å². The summed E-state index contributed by atoms with van der Waals surface area (Å²) in [7, 11) is 0. The molecule has 3 heteroatoms. The predicted octanol–water partition coefficient (Wildman–Crippen LogP) is 3.45. The Morgan fingerprint density at radius 1 is 1.24 bits per heavy atom. The second-order valence-corrected chi connectivity index (χ2v) is 5.91. The first-order valence-electron chi connectivity index (χ1n) is 7.05. The van der Waals surface area contributed by atoms with E-state index in [1.807, 2.05) is 6.20 Å². The van der Waals surface area contributed by atoms with Crippen LogP contribution >= 0.6 is 0 Å². The van der Waals surface area contributed by atoms with Gasteiger partial charge >= 0.3 is 0 Å². The topological polar surface area (TPSA) is 29.9 Å². The van der Waals surface area contributed by atoms with Crippen LogP contribution < -0.4 is 5.32 Å². The maximum Gasteiger partial charge on any atom is 0.203 e. The molecule has 3 atom stereocenters. The van der Waals surface area contributed by atoms with Gasteiger partial charge < -0.3 is 9.88 Å². The lowest BCUT2D eigenvalue weighted by molar-refractivity contribution is 0.187. The van der Waals surface area contributed by atoms with Crippen LogP contribution in [-0.4, -0.2) is 15.6 Å². The molecule has 3 unspecified atom stereocenters. The first-order valence-corrected chi connectivity index (χ1v) is 7.05. The van der Waals surface area contributed by atoms with E-state index in [1.54, 1.807) is 0 Å². The van der Waals surface area contributed by atoms with E-state index in [2.05, 4.69) is 34.9 Å². The Bertz CT molecular complexity index is 381. The molecule has 0 radical (unpaired) electrons. The van der Waals surface area contributed by atoms with Crippen molar-refractivity contribution in [1.82, 2.24) is 9.55 Å². The van der Waals surface area contributed by atoms with Gasteiger partial charge in [-0.3, -0.25) is 0 Å². The SMILES string of the molecule is CC1CCCC(n2ccnc2NC2CC2)C1C. The van der Waals surface area contributed by atoms with E-state index in [1.165, 1.54) is 32.1 Å². The number of anilines is 1. The molecule has 1 aromatic heterocycles. The zero-order chi connectivity index (χ0) is 11.8. The van der Waals surface area contributed by atoms with E-state index in [0.29, 0.717) is 12.1 Å². The van der Waals surface area contributed by atoms with Gasteiger partial charge in [0.25, 0.3) is 0 Å². The van der Waals surface area contributed by atoms with Crippen LogP contribution in [0.25, 0.3) is 0 Å².